The standard InChI is InChI=1S/C27H33F3N6O3/c1-17-14-24-33-16-22(18(2)36(24)35-17)25(37)34-23(15-19-6-4-3-5-7-19)26(38)32-13-12-31-20-8-10-21(11-9-20)39-27(28,29)30/h8-11,14,16,19,23,31H,3-7,12-13,15H2,1-2H3,(H,32,38)(H,34,37)/t23-/m0/s1. The molecular formula is C27H33F3N6O3. The van der Waals surface area contributed by atoms with Crippen LogP contribution in [-0.2, 0) is 4.79 Å². The van der Waals surface area contributed by atoms with E-state index in [2.05, 4.69) is 30.8 Å². The van der Waals surface area contributed by atoms with Crippen molar-refractivity contribution >= 4 is 23.1 Å². The number of halogens is 3. The summed E-state index contributed by atoms with van der Waals surface area (Å²) in [5.74, 6) is -0.632. The molecule has 0 saturated heterocycles. The van der Waals surface area contributed by atoms with Crippen LogP contribution in [0.4, 0.5) is 18.9 Å². The van der Waals surface area contributed by atoms with Crippen molar-refractivity contribution in [3.05, 3.63) is 53.5 Å². The van der Waals surface area contributed by atoms with Crippen molar-refractivity contribution in [1.82, 2.24) is 25.2 Å². The molecule has 1 aliphatic carbocycles. The number of hydrogen-bond acceptors (Lipinski definition) is 6. The second kappa shape index (κ2) is 12.4. The van der Waals surface area contributed by atoms with Crippen molar-refractivity contribution in [2.24, 2.45) is 5.92 Å². The summed E-state index contributed by atoms with van der Waals surface area (Å²) >= 11 is 0. The SMILES string of the molecule is Cc1cc2ncc(C(=O)N[C@@H](CC3CCCCC3)C(=O)NCCNc3ccc(OC(F)(F)F)cc3)c(C)n2n1. The van der Waals surface area contributed by atoms with Crippen LogP contribution in [0.2, 0.25) is 0 Å². The molecule has 4 rings (SSSR count). The van der Waals surface area contributed by atoms with Gasteiger partial charge < -0.3 is 20.7 Å². The van der Waals surface area contributed by atoms with Gasteiger partial charge in [-0.15, -0.1) is 13.2 Å². The molecule has 1 atom stereocenters. The summed E-state index contributed by atoms with van der Waals surface area (Å²) in [6.07, 6.45) is 2.76. The number of carbonyl (C=O) groups excluding carboxylic acids is 2. The van der Waals surface area contributed by atoms with Crippen LogP contribution < -0.4 is 20.7 Å². The highest BCUT2D eigenvalue weighted by Crippen LogP contribution is 2.28. The molecule has 1 saturated carbocycles. The van der Waals surface area contributed by atoms with Gasteiger partial charge in [-0.25, -0.2) is 9.50 Å². The van der Waals surface area contributed by atoms with Gasteiger partial charge in [0.2, 0.25) is 5.91 Å². The highest BCUT2D eigenvalue weighted by atomic mass is 19.4. The molecule has 0 unspecified atom stereocenters. The molecule has 3 N–H and O–H groups in total. The van der Waals surface area contributed by atoms with E-state index in [0.717, 1.165) is 31.4 Å². The van der Waals surface area contributed by atoms with Gasteiger partial charge >= 0.3 is 6.36 Å². The van der Waals surface area contributed by atoms with Crippen LogP contribution in [0.15, 0.2) is 36.5 Å². The maximum Gasteiger partial charge on any atom is 0.573 e. The Labute approximate surface area is 224 Å². The third-order valence-electron chi connectivity index (χ3n) is 6.85. The molecule has 3 aromatic rings. The zero-order chi connectivity index (χ0) is 28.0. The van der Waals surface area contributed by atoms with Crippen molar-refractivity contribution in [2.45, 2.75) is 64.8 Å². The van der Waals surface area contributed by atoms with E-state index < -0.39 is 12.4 Å². The Morgan fingerprint density at radius 3 is 2.51 bits per heavy atom. The molecule has 1 fully saturated rings. The quantitative estimate of drug-likeness (QED) is 0.322. The molecule has 0 bridgehead atoms. The van der Waals surface area contributed by atoms with E-state index in [1.54, 1.807) is 11.4 Å². The van der Waals surface area contributed by atoms with Gasteiger partial charge in [-0.1, -0.05) is 32.1 Å². The van der Waals surface area contributed by atoms with Crippen molar-refractivity contribution in [2.75, 3.05) is 18.4 Å². The lowest BCUT2D eigenvalue weighted by Crippen LogP contribution is -2.48. The molecule has 2 heterocycles. The number of ether oxygens (including phenoxy) is 1. The predicted molar refractivity (Wildman–Crippen MR) is 140 cm³/mol. The summed E-state index contributed by atoms with van der Waals surface area (Å²) in [5.41, 5.74) is 3.01. The Balaban J connectivity index is 1.35. The number of carbonyl (C=O) groups is 2. The second-order valence-corrected chi connectivity index (χ2v) is 9.87. The Morgan fingerprint density at radius 2 is 1.82 bits per heavy atom. The lowest BCUT2D eigenvalue weighted by molar-refractivity contribution is -0.274. The van der Waals surface area contributed by atoms with E-state index >= 15 is 0 Å². The van der Waals surface area contributed by atoms with E-state index in [0.29, 0.717) is 41.5 Å². The summed E-state index contributed by atoms with van der Waals surface area (Å²) in [7, 11) is 0. The first-order valence-electron chi connectivity index (χ1n) is 13.1. The van der Waals surface area contributed by atoms with Crippen LogP contribution in [0.1, 0.15) is 60.3 Å². The molecule has 2 aromatic heterocycles. The first-order valence-corrected chi connectivity index (χ1v) is 13.1. The molecule has 0 aliphatic heterocycles. The first-order chi connectivity index (χ1) is 18.6. The van der Waals surface area contributed by atoms with E-state index in [1.807, 2.05) is 13.0 Å². The van der Waals surface area contributed by atoms with E-state index in [1.165, 1.54) is 36.9 Å². The smallest absolute Gasteiger partial charge is 0.406 e. The lowest BCUT2D eigenvalue weighted by Gasteiger charge is -2.27. The van der Waals surface area contributed by atoms with Crippen molar-refractivity contribution in [3.8, 4) is 5.75 Å². The number of aryl methyl sites for hydroxylation is 2. The van der Waals surface area contributed by atoms with Crippen LogP contribution in [-0.4, -0.2) is 51.9 Å². The van der Waals surface area contributed by atoms with Gasteiger partial charge in [-0.2, -0.15) is 5.10 Å². The molecule has 0 radical (unpaired) electrons. The minimum atomic E-state index is -4.75. The summed E-state index contributed by atoms with van der Waals surface area (Å²) in [4.78, 5) is 30.7. The van der Waals surface area contributed by atoms with Crippen LogP contribution in [0.5, 0.6) is 5.75 Å². The summed E-state index contributed by atoms with van der Waals surface area (Å²) in [6, 6.07) is 6.46. The minimum absolute atomic E-state index is 0.260. The average molecular weight is 547 g/mol. The van der Waals surface area contributed by atoms with E-state index in [4.69, 9.17) is 0 Å². The summed E-state index contributed by atoms with van der Waals surface area (Å²) in [6.45, 7) is 4.24. The third-order valence-corrected chi connectivity index (χ3v) is 6.85. The molecular weight excluding hydrogens is 513 g/mol. The fraction of sp³-hybridized carbons (Fsp3) is 0.481. The molecule has 0 spiro atoms. The first kappa shape index (κ1) is 28.2. The number of benzene rings is 1. The zero-order valence-electron chi connectivity index (χ0n) is 22.0. The molecule has 12 heteroatoms. The maximum atomic E-state index is 13.2. The van der Waals surface area contributed by atoms with Crippen molar-refractivity contribution < 1.29 is 27.5 Å². The lowest BCUT2D eigenvalue weighted by atomic mass is 9.84. The Morgan fingerprint density at radius 1 is 1.10 bits per heavy atom. The van der Waals surface area contributed by atoms with Crippen molar-refractivity contribution in [3.63, 3.8) is 0 Å². The number of anilines is 1. The molecule has 210 valence electrons. The molecule has 1 aromatic carbocycles. The highest BCUT2D eigenvalue weighted by molar-refractivity contribution is 5.98. The third kappa shape index (κ3) is 7.84. The zero-order valence-corrected chi connectivity index (χ0v) is 22.0. The topological polar surface area (TPSA) is 110 Å². The maximum absolute atomic E-state index is 13.2. The molecule has 9 nitrogen and oxygen atoms in total. The van der Waals surface area contributed by atoms with E-state index in [9.17, 15) is 22.8 Å². The number of alkyl halides is 3. The largest absolute Gasteiger partial charge is 0.573 e. The van der Waals surface area contributed by atoms with Gasteiger partial charge in [0.25, 0.3) is 5.91 Å². The van der Waals surface area contributed by atoms with E-state index in [-0.39, 0.29) is 24.1 Å². The number of aromatic nitrogens is 3. The highest BCUT2D eigenvalue weighted by Gasteiger charge is 2.31. The van der Waals surface area contributed by atoms with Crippen molar-refractivity contribution in [1.29, 1.82) is 0 Å². The van der Waals surface area contributed by atoms with Gasteiger partial charge in [0.05, 0.1) is 17.0 Å². The number of rotatable bonds is 10. The van der Waals surface area contributed by atoms with Gasteiger partial charge in [-0.05, 0) is 50.5 Å². The molecule has 1 aliphatic rings. The normalized spacial score (nSPS) is 15.1. The summed E-state index contributed by atoms with van der Waals surface area (Å²) in [5, 5.41) is 13.2. The van der Waals surface area contributed by atoms with Crippen LogP contribution >= 0.6 is 0 Å². The number of nitrogens with one attached hydrogen (secondary N) is 3. The fourth-order valence-electron chi connectivity index (χ4n) is 4.90. The van der Waals surface area contributed by atoms with Gasteiger partial charge in [0.1, 0.15) is 11.8 Å². The van der Waals surface area contributed by atoms with Crippen LogP contribution in [0.25, 0.3) is 5.65 Å². The van der Waals surface area contributed by atoms with Crippen LogP contribution in [0.3, 0.4) is 0 Å². The van der Waals surface area contributed by atoms with Gasteiger partial charge in [0, 0.05) is 31.0 Å². The molecule has 39 heavy (non-hydrogen) atoms. The number of hydrogen-bond donors (Lipinski definition) is 3. The van der Waals surface area contributed by atoms with Crippen LogP contribution in [0, 0.1) is 19.8 Å². The monoisotopic (exact) mass is 546 g/mol. The summed E-state index contributed by atoms with van der Waals surface area (Å²) < 4.78 is 42.5. The Hall–Kier alpha value is -3.83. The molecule has 2 amide bonds. The van der Waals surface area contributed by atoms with Gasteiger partial charge in [-0.3, -0.25) is 9.59 Å². The number of nitrogens with zero attached hydrogens (tertiary/aromatic N) is 3. The average Bonchev–Trinajstić information content (AvgIpc) is 3.28. The number of amides is 2. The van der Waals surface area contributed by atoms with Gasteiger partial charge in [0.15, 0.2) is 5.65 Å². The Bertz CT molecular complexity index is 1290. The predicted octanol–water partition coefficient (Wildman–Crippen LogP) is 4.54. The second-order valence-electron chi connectivity index (χ2n) is 9.87. The fourth-order valence-corrected chi connectivity index (χ4v) is 4.90. The minimum Gasteiger partial charge on any atom is -0.406 e. The Kier molecular flexibility index (Phi) is 8.93. The number of fused-ring (bicyclic) bond motifs is 1.